The molecule has 5 N–H and O–H groups in total. The molecule has 0 spiro atoms. The Bertz CT molecular complexity index is 526. The summed E-state index contributed by atoms with van der Waals surface area (Å²) in [7, 11) is 0. The van der Waals surface area contributed by atoms with E-state index >= 15 is 0 Å². The van der Waals surface area contributed by atoms with E-state index in [1.165, 1.54) is 24.3 Å². The minimum Gasteiger partial charge on any atom is -0.478 e. The van der Waals surface area contributed by atoms with E-state index in [2.05, 4.69) is 10.6 Å². The molecule has 0 aliphatic carbocycles. The van der Waals surface area contributed by atoms with Crippen molar-refractivity contribution in [3.05, 3.63) is 29.8 Å². The summed E-state index contributed by atoms with van der Waals surface area (Å²) in [6.07, 6.45) is 0. The molecular weight excluding hydrogens is 274 g/mol. The molecule has 1 aromatic carbocycles. The van der Waals surface area contributed by atoms with E-state index in [1.807, 2.05) is 13.8 Å². The number of amides is 2. The number of nitrogens with one attached hydrogen (secondary N) is 2. The van der Waals surface area contributed by atoms with Crippen molar-refractivity contribution in [2.75, 3.05) is 11.9 Å². The lowest BCUT2D eigenvalue weighted by Gasteiger charge is -2.15. The van der Waals surface area contributed by atoms with Crippen LogP contribution in [0.4, 0.5) is 5.69 Å². The van der Waals surface area contributed by atoms with Crippen molar-refractivity contribution in [1.82, 2.24) is 5.32 Å². The van der Waals surface area contributed by atoms with E-state index in [-0.39, 0.29) is 23.9 Å². The lowest BCUT2D eigenvalue weighted by molar-refractivity contribution is -0.125. The number of aromatic carboxylic acids is 1. The van der Waals surface area contributed by atoms with Gasteiger partial charge in [-0.05, 0) is 30.2 Å². The first-order valence-corrected chi connectivity index (χ1v) is 6.47. The summed E-state index contributed by atoms with van der Waals surface area (Å²) in [5, 5.41) is 13.7. The summed E-state index contributed by atoms with van der Waals surface area (Å²) < 4.78 is 0. The number of carboxylic acid groups (broad SMARTS) is 1. The number of carbonyl (C=O) groups is 3. The molecule has 7 nitrogen and oxygen atoms in total. The number of nitrogens with two attached hydrogens (primary N) is 1. The van der Waals surface area contributed by atoms with Gasteiger partial charge in [-0.25, -0.2) is 4.79 Å². The van der Waals surface area contributed by atoms with E-state index in [0.717, 1.165) is 0 Å². The standard InChI is InChI=1S/C14H19N3O4/c1-8(2)12(15)13(19)16-7-11(18)17-10-5-3-9(4-6-10)14(20)21/h3-6,8,12H,7,15H2,1-2H3,(H,16,19)(H,17,18)(H,20,21)/t12-/m0/s1. The third kappa shape index (κ3) is 5.23. The number of benzene rings is 1. The highest BCUT2D eigenvalue weighted by atomic mass is 16.4. The monoisotopic (exact) mass is 293 g/mol. The van der Waals surface area contributed by atoms with Gasteiger partial charge < -0.3 is 21.5 Å². The number of hydrogen-bond donors (Lipinski definition) is 4. The molecule has 2 amide bonds. The predicted molar refractivity (Wildman–Crippen MR) is 77.9 cm³/mol. The van der Waals surface area contributed by atoms with Gasteiger partial charge in [-0.1, -0.05) is 13.8 Å². The van der Waals surface area contributed by atoms with Gasteiger partial charge in [0.15, 0.2) is 0 Å². The highest BCUT2D eigenvalue weighted by Crippen LogP contribution is 2.09. The second-order valence-electron chi connectivity index (χ2n) is 4.92. The Balaban J connectivity index is 2.47. The molecule has 0 heterocycles. The van der Waals surface area contributed by atoms with Gasteiger partial charge in [-0.3, -0.25) is 9.59 Å². The van der Waals surface area contributed by atoms with Crippen LogP contribution in [0.3, 0.4) is 0 Å². The van der Waals surface area contributed by atoms with Crippen LogP contribution in [-0.4, -0.2) is 35.5 Å². The molecule has 0 unspecified atom stereocenters. The summed E-state index contributed by atoms with van der Waals surface area (Å²) in [5.41, 5.74) is 6.22. The summed E-state index contributed by atoms with van der Waals surface area (Å²) in [5.74, 6) is -1.86. The van der Waals surface area contributed by atoms with Crippen LogP contribution in [-0.2, 0) is 9.59 Å². The van der Waals surface area contributed by atoms with Crippen LogP contribution in [0.2, 0.25) is 0 Å². The molecule has 0 bridgehead atoms. The van der Waals surface area contributed by atoms with Gasteiger partial charge in [0.2, 0.25) is 11.8 Å². The Kier molecular flexibility index (Phi) is 5.86. The minimum atomic E-state index is -1.04. The lowest BCUT2D eigenvalue weighted by Crippen LogP contribution is -2.46. The van der Waals surface area contributed by atoms with Gasteiger partial charge in [-0.15, -0.1) is 0 Å². The highest BCUT2D eigenvalue weighted by molar-refractivity contribution is 5.96. The molecule has 0 radical (unpaired) electrons. The average Bonchev–Trinajstić information content (AvgIpc) is 2.44. The number of anilines is 1. The molecular formula is C14H19N3O4. The molecule has 0 fully saturated rings. The molecule has 0 aromatic heterocycles. The van der Waals surface area contributed by atoms with Crippen molar-refractivity contribution in [3.63, 3.8) is 0 Å². The van der Waals surface area contributed by atoms with Crippen molar-refractivity contribution >= 4 is 23.5 Å². The van der Waals surface area contributed by atoms with Gasteiger partial charge in [0.25, 0.3) is 0 Å². The maximum absolute atomic E-state index is 11.6. The molecule has 0 saturated carbocycles. The Labute approximate surface area is 122 Å². The summed E-state index contributed by atoms with van der Waals surface area (Å²) in [4.78, 5) is 33.9. The highest BCUT2D eigenvalue weighted by Gasteiger charge is 2.17. The van der Waals surface area contributed by atoms with Gasteiger partial charge in [0.05, 0.1) is 18.2 Å². The van der Waals surface area contributed by atoms with Crippen molar-refractivity contribution in [3.8, 4) is 0 Å². The summed E-state index contributed by atoms with van der Waals surface area (Å²) in [6.45, 7) is 3.43. The first kappa shape index (κ1) is 16.6. The molecule has 7 heteroatoms. The normalized spacial score (nSPS) is 11.8. The van der Waals surface area contributed by atoms with Crippen LogP contribution < -0.4 is 16.4 Å². The smallest absolute Gasteiger partial charge is 0.335 e. The maximum Gasteiger partial charge on any atom is 0.335 e. The van der Waals surface area contributed by atoms with Crippen LogP contribution >= 0.6 is 0 Å². The third-order valence-corrected chi connectivity index (χ3v) is 2.86. The molecule has 1 atom stereocenters. The Morgan fingerprint density at radius 1 is 1.19 bits per heavy atom. The number of carbonyl (C=O) groups excluding carboxylic acids is 2. The second kappa shape index (κ2) is 7.39. The van der Waals surface area contributed by atoms with Crippen molar-refractivity contribution in [2.45, 2.75) is 19.9 Å². The number of carboxylic acids is 1. The lowest BCUT2D eigenvalue weighted by atomic mass is 10.1. The molecule has 0 saturated heterocycles. The second-order valence-corrected chi connectivity index (χ2v) is 4.92. The molecule has 1 rings (SSSR count). The van der Waals surface area contributed by atoms with Crippen LogP contribution in [0.1, 0.15) is 24.2 Å². The van der Waals surface area contributed by atoms with Gasteiger partial charge in [0, 0.05) is 5.69 Å². The predicted octanol–water partition coefficient (Wildman–Crippen LogP) is 0.423. The number of rotatable bonds is 6. The van der Waals surface area contributed by atoms with Crippen LogP contribution in [0, 0.1) is 5.92 Å². The fourth-order valence-electron chi connectivity index (χ4n) is 1.49. The zero-order valence-electron chi connectivity index (χ0n) is 11.9. The first-order valence-electron chi connectivity index (χ1n) is 6.47. The molecule has 114 valence electrons. The quantitative estimate of drug-likeness (QED) is 0.605. The third-order valence-electron chi connectivity index (χ3n) is 2.86. The molecule has 1 aromatic rings. The topological polar surface area (TPSA) is 122 Å². The SMILES string of the molecule is CC(C)[C@H](N)C(=O)NCC(=O)Nc1ccc(C(=O)O)cc1. The summed E-state index contributed by atoms with van der Waals surface area (Å²) in [6, 6.07) is 5.05. The van der Waals surface area contributed by atoms with E-state index in [0.29, 0.717) is 5.69 Å². The number of hydrogen-bond acceptors (Lipinski definition) is 4. The largest absolute Gasteiger partial charge is 0.478 e. The van der Waals surface area contributed by atoms with Crippen LogP contribution in [0.5, 0.6) is 0 Å². The van der Waals surface area contributed by atoms with Crippen molar-refractivity contribution in [2.24, 2.45) is 11.7 Å². The molecule has 0 aliphatic rings. The average molecular weight is 293 g/mol. The van der Waals surface area contributed by atoms with Crippen LogP contribution in [0.15, 0.2) is 24.3 Å². The van der Waals surface area contributed by atoms with Crippen molar-refractivity contribution < 1.29 is 19.5 Å². The Morgan fingerprint density at radius 3 is 2.24 bits per heavy atom. The van der Waals surface area contributed by atoms with E-state index < -0.39 is 17.9 Å². The maximum atomic E-state index is 11.6. The zero-order valence-corrected chi connectivity index (χ0v) is 11.9. The molecule has 0 aliphatic heterocycles. The van der Waals surface area contributed by atoms with Crippen LogP contribution in [0.25, 0.3) is 0 Å². The first-order chi connectivity index (χ1) is 9.81. The summed E-state index contributed by atoms with van der Waals surface area (Å²) >= 11 is 0. The Hall–Kier alpha value is -2.41. The minimum absolute atomic E-state index is 0.0170. The van der Waals surface area contributed by atoms with E-state index in [9.17, 15) is 14.4 Å². The fourth-order valence-corrected chi connectivity index (χ4v) is 1.49. The van der Waals surface area contributed by atoms with Gasteiger partial charge in [-0.2, -0.15) is 0 Å². The van der Waals surface area contributed by atoms with Crippen molar-refractivity contribution in [1.29, 1.82) is 0 Å². The van der Waals surface area contributed by atoms with Gasteiger partial charge in [0.1, 0.15) is 0 Å². The van der Waals surface area contributed by atoms with E-state index in [1.54, 1.807) is 0 Å². The van der Waals surface area contributed by atoms with E-state index in [4.69, 9.17) is 10.8 Å². The zero-order chi connectivity index (χ0) is 16.0. The fraction of sp³-hybridized carbons (Fsp3) is 0.357. The molecule has 21 heavy (non-hydrogen) atoms. The Morgan fingerprint density at radius 2 is 1.76 bits per heavy atom. The van der Waals surface area contributed by atoms with Gasteiger partial charge >= 0.3 is 5.97 Å².